The average molecular weight is 266 g/mol. The quantitative estimate of drug-likeness (QED) is 0.676. The predicted octanol–water partition coefficient (Wildman–Crippen LogP) is 2.81. The SMILES string of the molecule is O=C(O)C1CC=CCC1C(=O)c1ccc(F)c(F)c1. The Kier molecular flexibility index (Phi) is 3.74. The van der Waals surface area contributed by atoms with Crippen LogP contribution in [0.1, 0.15) is 23.2 Å². The van der Waals surface area contributed by atoms with Gasteiger partial charge in [0.2, 0.25) is 0 Å². The Hall–Kier alpha value is -2.04. The van der Waals surface area contributed by atoms with E-state index in [0.717, 1.165) is 12.1 Å². The minimum atomic E-state index is -1.11. The summed E-state index contributed by atoms with van der Waals surface area (Å²) in [7, 11) is 0. The van der Waals surface area contributed by atoms with Gasteiger partial charge in [0, 0.05) is 11.5 Å². The molecule has 0 saturated carbocycles. The van der Waals surface area contributed by atoms with Gasteiger partial charge in [-0.1, -0.05) is 12.2 Å². The highest BCUT2D eigenvalue weighted by Crippen LogP contribution is 2.29. The van der Waals surface area contributed by atoms with E-state index in [2.05, 4.69) is 0 Å². The number of carbonyl (C=O) groups is 2. The maximum absolute atomic E-state index is 13.1. The highest BCUT2D eigenvalue weighted by molar-refractivity contribution is 6.00. The highest BCUT2D eigenvalue weighted by atomic mass is 19.2. The van der Waals surface area contributed by atoms with Gasteiger partial charge < -0.3 is 5.11 Å². The first-order valence-electron chi connectivity index (χ1n) is 5.87. The lowest BCUT2D eigenvalue weighted by Crippen LogP contribution is -2.31. The summed E-state index contributed by atoms with van der Waals surface area (Å²) in [5.74, 6) is -5.20. The molecule has 0 aliphatic heterocycles. The van der Waals surface area contributed by atoms with Crippen LogP contribution in [0.2, 0.25) is 0 Å². The standard InChI is InChI=1S/C14H12F2O3/c15-11-6-5-8(7-12(11)16)13(17)9-3-1-2-4-10(9)14(18)19/h1-2,5-7,9-10H,3-4H2,(H,18,19). The van der Waals surface area contributed by atoms with Crippen LogP contribution in [0.25, 0.3) is 0 Å². The summed E-state index contributed by atoms with van der Waals surface area (Å²) in [5.41, 5.74) is 0.00505. The fourth-order valence-electron chi connectivity index (χ4n) is 2.24. The Morgan fingerprint density at radius 2 is 1.68 bits per heavy atom. The average Bonchev–Trinajstić information content (AvgIpc) is 2.41. The van der Waals surface area contributed by atoms with Crippen molar-refractivity contribution >= 4 is 11.8 Å². The van der Waals surface area contributed by atoms with Crippen LogP contribution in [0, 0.1) is 23.5 Å². The number of aliphatic carboxylic acids is 1. The number of rotatable bonds is 3. The summed E-state index contributed by atoms with van der Waals surface area (Å²) in [4.78, 5) is 23.3. The molecule has 19 heavy (non-hydrogen) atoms. The van der Waals surface area contributed by atoms with E-state index in [0.29, 0.717) is 6.42 Å². The van der Waals surface area contributed by atoms with Crippen LogP contribution >= 0.6 is 0 Å². The molecule has 0 heterocycles. The Balaban J connectivity index is 2.29. The number of carboxylic acid groups (broad SMARTS) is 1. The summed E-state index contributed by atoms with van der Waals surface area (Å²) >= 11 is 0. The third-order valence-electron chi connectivity index (χ3n) is 3.29. The molecule has 1 aliphatic rings. The first-order chi connectivity index (χ1) is 9.00. The van der Waals surface area contributed by atoms with Crippen molar-refractivity contribution in [1.82, 2.24) is 0 Å². The molecule has 0 bridgehead atoms. The maximum atomic E-state index is 13.1. The molecular formula is C14H12F2O3. The lowest BCUT2D eigenvalue weighted by atomic mass is 9.78. The highest BCUT2D eigenvalue weighted by Gasteiger charge is 2.34. The molecule has 1 aromatic carbocycles. The monoisotopic (exact) mass is 266 g/mol. The van der Waals surface area contributed by atoms with E-state index >= 15 is 0 Å². The normalized spacial score (nSPS) is 22.2. The molecule has 0 saturated heterocycles. The van der Waals surface area contributed by atoms with Crippen LogP contribution in [0.3, 0.4) is 0 Å². The molecule has 1 N–H and O–H groups in total. The third kappa shape index (κ3) is 2.70. The van der Waals surface area contributed by atoms with Gasteiger partial charge in [0.05, 0.1) is 5.92 Å². The van der Waals surface area contributed by atoms with Crippen molar-refractivity contribution in [2.75, 3.05) is 0 Å². The molecule has 3 nitrogen and oxygen atoms in total. The molecule has 2 atom stereocenters. The van der Waals surface area contributed by atoms with Gasteiger partial charge in [-0.2, -0.15) is 0 Å². The second kappa shape index (κ2) is 5.30. The van der Waals surface area contributed by atoms with Crippen molar-refractivity contribution < 1.29 is 23.5 Å². The van der Waals surface area contributed by atoms with Crippen molar-refractivity contribution in [1.29, 1.82) is 0 Å². The largest absolute Gasteiger partial charge is 0.481 e. The zero-order valence-corrected chi connectivity index (χ0v) is 9.98. The van der Waals surface area contributed by atoms with Gasteiger partial charge in [-0.15, -0.1) is 0 Å². The van der Waals surface area contributed by atoms with Gasteiger partial charge in [-0.3, -0.25) is 9.59 Å². The summed E-state index contributed by atoms with van der Waals surface area (Å²) < 4.78 is 25.9. The van der Waals surface area contributed by atoms with Crippen LogP contribution in [-0.4, -0.2) is 16.9 Å². The molecule has 1 aromatic rings. The van der Waals surface area contributed by atoms with E-state index in [-0.39, 0.29) is 12.0 Å². The van der Waals surface area contributed by atoms with Crippen molar-refractivity contribution in [3.05, 3.63) is 47.5 Å². The second-order valence-electron chi connectivity index (χ2n) is 4.49. The number of allylic oxidation sites excluding steroid dienone is 2. The topological polar surface area (TPSA) is 54.4 Å². The molecule has 0 spiro atoms. The second-order valence-corrected chi connectivity index (χ2v) is 4.49. The minimum Gasteiger partial charge on any atom is -0.481 e. The van der Waals surface area contributed by atoms with E-state index in [1.807, 2.05) is 0 Å². The zero-order valence-electron chi connectivity index (χ0n) is 9.98. The van der Waals surface area contributed by atoms with E-state index in [1.165, 1.54) is 6.07 Å². The van der Waals surface area contributed by atoms with E-state index in [9.17, 15) is 18.4 Å². The Bertz CT molecular complexity index is 552. The lowest BCUT2D eigenvalue weighted by molar-refractivity contribution is -0.143. The van der Waals surface area contributed by atoms with Gasteiger partial charge in [0.15, 0.2) is 17.4 Å². The van der Waals surface area contributed by atoms with Gasteiger partial charge >= 0.3 is 5.97 Å². The van der Waals surface area contributed by atoms with Crippen LogP contribution in [0.15, 0.2) is 30.4 Å². The van der Waals surface area contributed by atoms with E-state index in [1.54, 1.807) is 12.2 Å². The first kappa shape index (κ1) is 13.4. The van der Waals surface area contributed by atoms with E-state index < -0.39 is 35.2 Å². The van der Waals surface area contributed by atoms with Crippen molar-refractivity contribution in [3.8, 4) is 0 Å². The number of Topliss-reactive ketones (excluding diaryl/α,β-unsaturated/α-hetero) is 1. The van der Waals surface area contributed by atoms with Crippen LogP contribution in [0.4, 0.5) is 8.78 Å². The molecule has 2 unspecified atom stereocenters. The lowest BCUT2D eigenvalue weighted by Gasteiger charge is -2.23. The van der Waals surface area contributed by atoms with Crippen molar-refractivity contribution in [3.63, 3.8) is 0 Å². The Labute approximate surface area is 108 Å². The number of carboxylic acids is 1. The predicted molar refractivity (Wildman–Crippen MR) is 63.7 cm³/mol. The molecule has 5 heteroatoms. The molecular weight excluding hydrogens is 254 g/mol. The number of hydrogen-bond donors (Lipinski definition) is 1. The molecule has 100 valence electrons. The summed E-state index contributed by atoms with van der Waals surface area (Å²) in [6.07, 6.45) is 4.03. The van der Waals surface area contributed by atoms with Gasteiger partial charge in [-0.25, -0.2) is 8.78 Å². The number of ketones is 1. The minimum absolute atomic E-state index is 0.00505. The van der Waals surface area contributed by atoms with Gasteiger partial charge in [0.25, 0.3) is 0 Å². The first-order valence-corrected chi connectivity index (χ1v) is 5.87. The number of hydrogen-bond acceptors (Lipinski definition) is 2. The van der Waals surface area contributed by atoms with Crippen molar-refractivity contribution in [2.45, 2.75) is 12.8 Å². The fraction of sp³-hybridized carbons (Fsp3) is 0.286. The van der Waals surface area contributed by atoms with Crippen LogP contribution < -0.4 is 0 Å². The summed E-state index contributed by atoms with van der Waals surface area (Å²) in [6.45, 7) is 0. The molecule has 0 fully saturated rings. The van der Waals surface area contributed by atoms with Gasteiger partial charge in [-0.05, 0) is 31.0 Å². The van der Waals surface area contributed by atoms with E-state index in [4.69, 9.17) is 5.11 Å². The molecule has 1 aliphatic carbocycles. The summed E-state index contributed by atoms with van der Waals surface area (Å²) in [5, 5.41) is 9.08. The molecule has 0 amide bonds. The number of carbonyl (C=O) groups excluding carboxylic acids is 1. The number of benzene rings is 1. The summed E-state index contributed by atoms with van der Waals surface area (Å²) in [6, 6.07) is 2.86. The Morgan fingerprint density at radius 1 is 1.05 bits per heavy atom. The molecule has 2 rings (SSSR count). The number of halogens is 2. The van der Waals surface area contributed by atoms with Crippen molar-refractivity contribution in [2.24, 2.45) is 11.8 Å². The molecule has 0 radical (unpaired) electrons. The van der Waals surface area contributed by atoms with Crippen LogP contribution in [-0.2, 0) is 4.79 Å². The Morgan fingerprint density at radius 3 is 2.26 bits per heavy atom. The maximum Gasteiger partial charge on any atom is 0.307 e. The van der Waals surface area contributed by atoms with Crippen LogP contribution in [0.5, 0.6) is 0 Å². The van der Waals surface area contributed by atoms with Gasteiger partial charge in [0.1, 0.15) is 0 Å². The third-order valence-corrected chi connectivity index (χ3v) is 3.29. The zero-order chi connectivity index (χ0) is 14.0. The molecule has 0 aromatic heterocycles. The fourth-order valence-corrected chi connectivity index (χ4v) is 2.24. The smallest absolute Gasteiger partial charge is 0.307 e.